The standard InChI is InChI=1S/C12H14N4/c13-6-1-4-12-15-8-5-11(16-12)10-3-2-7-14-9-10/h2-3,5,7-9H,1,4,6,13H2. The molecular formula is C12H14N4. The second-order valence-corrected chi connectivity index (χ2v) is 3.49. The zero-order chi connectivity index (χ0) is 11.2. The molecule has 0 saturated heterocycles. The van der Waals surface area contributed by atoms with Crippen molar-refractivity contribution in [1.82, 2.24) is 15.0 Å². The fourth-order valence-corrected chi connectivity index (χ4v) is 1.45. The van der Waals surface area contributed by atoms with Crippen LogP contribution in [-0.4, -0.2) is 21.5 Å². The molecule has 0 aliphatic rings. The second kappa shape index (κ2) is 5.32. The molecule has 0 aliphatic heterocycles. The molecule has 2 rings (SSSR count). The molecule has 2 aromatic rings. The van der Waals surface area contributed by atoms with E-state index in [9.17, 15) is 0 Å². The van der Waals surface area contributed by atoms with Crippen LogP contribution >= 0.6 is 0 Å². The van der Waals surface area contributed by atoms with E-state index in [0.29, 0.717) is 6.54 Å². The van der Waals surface area contributed by atoms with E-state index in [2.05, 4.69) is 15.0 Å². The first-order valence-corrected chi connectivity index (χ1v) is 5.32. The van der Waals surface area contributed by atoms with Crippen molar-refractivity contribution >= 4 is 0 Å². The van der Waals surface area contributed by atoms with Gasteiger partial charge >= 0.3 is 0 Å². The molecule has 4 nitrogen and oxygen atoms in total. The Balaban J connectivity index is 2.22. The van der Waals surface area contributed by atoms with Gasteiger partial charge in [-0.1, -0.05) is 0 Å². The van der Waals surface area contributed by atoms with Crippen LogP contribution in [0.1, 0.15) is 12.2 Å². The van der Waals surface area contributed by atoms with Crippen LogP contribution in [0.25, 0.3) is 11.3 Å². The number of nitrogens with zero attached hydrogens (tertiary/aromatic N) is 3. The van der Waals surface area contributed by atoms with E-state index >= 15 is 0 Å². The first kappa shape index (κ1) is 10.7. The normalized spacial score (nSPS) is 10.3. The van der Waals surface area contributed by atoms with E-state index in [1.165, 1.54) is 0 Å². The maximum absolute atomic E-state index is 5.46. The smallest absolute Gasteiger partial charge is 0.128 e. The van der Waals surface area contributed by atoms with Crippen molar-refractivity contribution in [3.63, 3.8) is 0 Å². The van der Waals surface area contributed by atoms with Gasteiger partial charge in [0.25, 0.3) is 0 Å². The fourth-order valence-electron chi connectivity index (χ4n) is 1.45. The van der Waals surface area contributed by atoms with Crippen LogP contribution in [0.4, 0.5) is 0 Å². The molecule has 2 aromatic heterocycles. The lowest BCUT2D eigenvalue weighted by Crippen LogP contribution is -2.03. The van der Waals surface area contributed by atoms with Crippen molar-refractivity contribution in [3.8, 4) is 11.3 Å². The molecule has 4 heteroatoms. The summed E-state index contributed by atoms with van der Waals surface area (Å²) >= 11 is 0. The van der Waals surface area contributed by atoms with Crippen LogP contribution in [0.2, 0.25) is 0 Å². The second-order valence-electron chi connectivity index (χ2n) is 3.49. The summed E-state index contributed by atoms with van der Waals surface area (Å²) in [6, 6.07) is 5.78. The quantitative estimate of drug-likeness (QED) is 0.836. The minimum atomic E-state index is 0.667. The number of aromatic nitrogens is 3. The van der Waals surface area contributed by atoms with Gasteiger partial charge in [0.1, 0.15) is 5.82 Å². The summed E-state index contributed by atoms with van der Waals surface area (Å²) in [7, 11) is 0. The largest absolute Gasteiger partial charge is 0.330 e. The van der Waals surface area contributed by atoms with Crippen LogP contribution in [0.3, 0.4) is 0 Å². The van der Waals surface area contributed by atoms with E-state index in [1.807, 2.05) is 18.2 Å². The highest BCUT2D eigenvalue weighted by molar-refractivity contribution is 5.56. The first-order chi connectivity index (χ1) is 7.90. The minimum absolute atomic E-state index is 0.667. The molecular weight excluding hydrogens is 200 g/mol. The average Bonchev–Trinajstić information content (AvgIpc) is 2.38. The maximum Gasteiger partial charge on any atom is 0.128 e. The number of hydrogen-bond donors (Lipinski definition) is 1. The van der Waals surface area contributed by atoms with Gasteiger partial charge in [-0.25, -0.2) is 9.97 Å². The molecule has 82 valence electrons. The topological polar surface area (TPSA) is 64.7 Å². The van der Waals surface area contributed by atoms with Gasteiger partial charge in [-0.3, -0.25) is 4.98 Å². The zero-order valence-electron chi connectivity index (χ0n) is 9.00. The van der Waals surface area contributed by atoms with Gasteiger partial charge in [0.15, 0.2) is 0 Å². The molecule has 0 aliphatic carbocycles. The predicted molar refractivity (Wildman–Crippen MR) is 62.6 cm³/mol. The molecule has 2 heterocycles. The molecule has 0 aromatic carbocycles. The number of aryl methyl sites for hydroxylation is 1. The monoisotopic (exact) mass is 214 g/mol. The average molecular weight is 214 g/mol. The molecule has 0 fully saturated rings. The van der Waals surface area contributed by atoms with Gasteiger partial charge in [-0.2, -0.15) is 0 Å². The Kier molecular flexibility index (Phi) is 3.56. The third-order valence-corrected chi connectivity index (χ3v) is 2.27. The molecule has 0 saturated carbocycles. The number of hydrogen-bond acceptors (Lipinski definition) is 4. The van der Waals surface area contributed by atoms with Gasteiger partial charge in [0, 0.05) is 30.6 Å². The molecule has 0 bridgehead atoms. The van der Waals surface area contributed by atoms with Crippen LogP contribution < -0.4 is 5.73 Å². The lowest BCUT2D eigenvalue weighted by atomic mass is 10.2. The number of rotatable bonds is 4. The van der Waals surface area contributed by atoms with E-state index in [-0.39, 0.29) is 0 Å². The van der Waals surface area contributed by atoms with Crippen LogP contribution in [0, 0.1) is 0 Å². The first-order valence-electron chi connectivity index (χ1n) is 5.32. The summed E-state index contributed by atoms with van der Waals surface area (Å²) in [5.41, 5.74) is 7.38. The van der Waals surface area contributed by atoms with E-state index in [0.717, 1.165) is 29.9 Å². The Morgan fingerprint density at radius 2 is 2.12 bits per heavy atom. The Hall–Kier alpha value is -1.81. The maximum atomic E-state index is 5.46. The summed E-state index contributed by atoms with van der Waals surface area (Å²) in [4.78, 5) is 12.8. The molecule has 0 radical (unpaired) electrons. The van der Waals surface area contributed by atoms with Crippen molar-refractivity contribution in [3.05, 3.63) is 42.6 Å². The van der Waals surface area contributed by atoms with Crippen LogP contribution in [0.15, 0.2) is 36.8 Å². The summed E-state index contributed by atoms with van der Waals surface area (Å²) in [5, 5.41) is 0. The van der Waals surface area contributed by atoms with Gasteiger partial charge in [-0.15, -0.1) is 0 Å². The van der Waals surface area contributed by atoms with Crippen molar-refractivity contribution in [2.24, 2.45) is 5.73 Å². The van der Waals surface area contributed by atoms with Crippen molar-refractivity contribution < 1.29 is 0 Å². The highest BCUT2D eigenvalue weighted by Crippen LogP contribution is 2.14. The summed E-state index contributed by atoms with van der Waals surface area (Å²) in [6.07, 6.45) is 7.07. The van der Waals surface area contributed by atoms with Crippen molar-refractivity contribution in [2.75, 3.05) is 6.54 Å². The van der Waals surface area contributed by atoms with Crippen molar-refractivity contribution in [1.29, 1.82) is 0 Å². The summed E-state index contributed by atoms with van der Waals surface area (Å²) < 4.78 is 0. The molecule has 2 N–H and O–H groups in total. The van der Waals surface area contributed by atoms with Gasteiger partial charge in [0.2, 0.25) is 0 Å². The fraction of sp³-hybridized carbons (Fsp3) is 0.250. The Labute approximate surface area is 94.6 Å². The SMILES string of the molecule is NCCCc1nccc(-c2cccnc2)n1. The van der Waals surface area contributed by atoms with E-state index in [4.69, 9.17) is 5.73 Å². The Bertz CT molecular complexity index is 442. The third kappa shape index (κ3) is 2.61. The van der Waals surface area contributed by atoms with Gasteiger partial charge in [0.05, 0.1) is 5.69 Å². The van der Waals surface area contributed by atoms with Crippen LogP contribution in [0.5, 0.6) is 0 Å². The van der Waals surface area contributed by atoms with E-state index in [1.54, 1.807) is 18.6 Å². The van der Waals surface area contributed by atoms with Gasteiger partial charge < -0.3 is 5.73 Å². The Morgan fingerprint density at radius 3 is 2.88 bits per heavy atom. The number of nitrogens with two attached hydrogens (primary N) is 1. The van der Waals surface area contributed by atoms with Gasteiger partial charge in [-0.05, 0) is 31.2 Å². The zero-order valence-corrected chi connectivity index (χ0v) is 9.00. The molecule has 16 heavy (non-hydrogen) atoms. The molecule has 0 amide bonds. The van der Waals surface area contributed by atoms with Crippen molar-refractivity contribution in [2.45, 2.75) is 12.8 Å². The summed E-state index contributed by atoms with van der Waals surface area (Å²) in [6.45, 7) is 0.667. The third-order valence-electron chi connectivity index (χ3n) is 2.27. The summed E-state index contributed by atoms with van der Waals surface area (Å²) in [5.74, 6) is 0.840. The van der Waals surface area contributed by atoms with E-state index < -0.39 is 0 Å². The minimum Gasteiger partial charge on any atom is -0.330 e. The Morgan fingerprint density at radius 1 is 1.19 bits per heavy atom. The predicted octanol–water partition coefficient (Wildman–Crippen LogP) is 1.43. The molecule has 0 atom stereocenters. The lowest BCUT2D eigenvalue weighted by Gasteiger charge is -2.02. The highest BCUT2D eigenvalue weighted by atomic mass is 14.9. The highest BCUT2D eigenvalue weighted by Gasteiger charge is 2.01. The molecule has 0 unspecified atom stereocenters. The lowest BCUT2D eigenvalue weighted by molar-refractivity contribution is 0.782. The number of pyridine rings is 1. The van der Waals surface area contributed by atoms with Crippen LogP contribution in [-0.2, 0) is 6.42 Å². The molecule has 0 spiro atoms.